The highest BCUT2D eigenvalue weighted by Gasteiger charge is 2.13. The van der Waals surface area contributed by atoms with Gasteiger partial charge in [0.15, 0.2) is 0 Å². The summed E-state index contributed by atoms with van der Waals surface area (Å²) in [4.78, 5) is 0. The highest BCUT2D eigenvalue weighted by molar-refractivity contribution is 6.31. The molecule has 1 heteroatoms. The van der Waals surface area contributed by atoms with E-state index in [1.54, 1.807) is 0 Å². The zero-order valence-corrected chi connectivity index (χ0v) is 12.9. The average molecular weight is 305 g/mol. The van der Waals surface area contributed by atoms with Crippen LogP contribution in [0.5, 0.6) is 0 Å². The first kappa shape index (κ1) is 14.6. The fraction of sp³-hybridized carbons (Fsp3) is 0.0476. The second-order valence-electron chi connectivity index (χ2n) is 5.18. The van der Waals surface area contributed by atoms with Crippen molar-refractivity contribution >= 4 is 17.7 Å². The summed E-state index contributed by atoms with van der Waals surface area (Å²) >= 11 is 6.42. The normalized spacial score (nSPS) is 12.4. The summed E-state index contributed by atoms with van der Waals surface area (Å²) in [6.07, 6.45) is 4.37. The molecule has 0 aliphatic carbocycles. The average Bonchev–Trinajstić information content (AvgIpc) is 2.58. The lowest BCUT2D eigenvalue weighted by Crippen LogP contribution is -1.98. The third-order valence-electron chi connectivity index (χ3n) is 3.68. The van der Waals surface area contributed by atoms with Crippen LogP contribution in [0.15, 0.2) is 91.0 Å². The Morgan fingerprint density at radius 2 is 1.27 bits per heavy atom. The maximum Gasteiger partial charge on any atom is 0.0447 e. The van der Waals surface area contributed by atoms with Crippen molar-refractivity contribution in [3.63, 3.8) is 0 Å². The lowest BCUT2D eigenvalue weighted by atomic mass is 9.90. The zero-order chi connectivity index (χ0) is 15.2. The van der Waals surface area contributed by atoms with Crippen molar-refractivity contribution in [2.45, 2.75) is 5.92 Å². The Hall–Kier alpha value is -2.31. The van der Waals surface area contributed by atoms with Crippen LogP contribution >= 0.6 is 11.6 Å². The van der Waals surface area contributed by atoms with Gasteiger partial charge < -0.3 is 0 Å². The number of benzene rings is 3. The van der Waals surface area contributed by atoms with Crippen molar-refractivity contribution in [2.75, 3.05) is 0 Å². The fourth-order valence-electron chi connectivity index (χ4n) is 2.55. The Morgan fingerprint density at radius 1 is 0.682 bits per heavy atom. The smallest absolute Gasteiger partial charge is 0.0447 e. The van der Waals surface area contributed by atoms with Gasteiger partial charge in [-0.05, 0) is 22.8 Å². The molecule has 0 saturated heterocycles. The van der Waals surface area contributed by atoms with E-state index in [9.17, 15) is 0 Å². The van der Waals surface area contributed by atoms with Gasteiger partial charge in [-0.3, -0.25) is 0 Å². The van der Waals surface area contributed by atoms with Gasteiger partial charge in [0.1, 0.15) is 0 Å². The Bertz CT molecular complexity index is 745. The van der Waals surface area contributed by atoms with E-state index in [0.717, 1.165) is 10.6 Å². The molecule has 108 valence electrons. The number of hydrogen-bond donors (Lipinski definition) is 0. The van der Waals surface area contributed by atoms with Crippen molar-refractivity contribution in [1.29, 1.82) is 0 Å². The molecule has 3 aromatic rings. The van der Waals surface area contributed by atoms with E-state index < -0.39 is 0 Å². The maximum absolute atomic E-state index is 6.42. The lowest BCUT2D eigenvalue weighted by Gasteiger charge is -2.15. The minimum atomic E-state index is 0.148. The molecule has 22 heavy (non-hydrogen) atoms. The fourth-order valence-corrected chi connectivity index (χ4v) is 2.81. The number of allylic oxidation sites excluding steroid dienone is 1. The van der Waals surface area contributed by atoms with Crippen LogP contribution in [-0.2, 0) is 0 Å². The quantitative estimate of drug-likeness (QED) is 0.539. The molecule has 1 atom stereocenters. The second-order valence-corrected chi connectivity index (χ2v) is 5.59. The Kier molecular flexibility index (Phi) is 4.72. The summed E-state index contributed by atoms with van der Waals surface area (Å²) in [6, 6.07) is 28.8. The molecule has 0 aliphatic heterocycles. The van der Waals surface area contributed by atoms with Crippen LogP contribution in [0.1, 0.15) is 22.6 Å². The molecular weight excluding hydrogens is 288 g/mol. The van der Waals surface area contributed by atoms with Crippen LogP contribution in [0.3, 0.4) is 0 Å². The largest absolute Gasteiger partial charge is 0.0840 e. The molecule has 0 amide bonds. The summed E-state index contributed by atoms with van der Waals surface area (Å²) in [5.41, 5.74) is 3.56. The van der Waals surface area contributed by atoms with E-state index in [1.807, 2.05) is 42.5 Å². The Balaban J connectivity index is 2.01. The minimum absolute atomic E-state index is 0.148. The zero-order valence-electron chi connectivity index (χ0n) is 12.2. The van der Waals surface area contributed by atoms with Crippen molar-refractivity contribution in [2.24, 2.45) is 0 Å². The van der Waals surface area contributed by atoms with Gasteiger partial charge in [-0.25, -0.2) is 0 Å². The number of rotatable bonds is 4. The first-order valence-corrected chi connectivity index (χ1v) is 7.75. The molecular formula is C21H17Cl. The van der Waals surface area contributed by atoms with Crippen LogP contribution in [0.25, 0.3) is 6.08 Å². The molecule has 0 saturated carbocycles. The Labute approximate surface area is 136 Å². The molecule has 0 nitrogen and oxygen atoms in total. The van der Waals surface area contributed by atoms with Gasteiger partial charge in [0.2, 0.25) is 0 Å². The van der Waals surface area contributed by atoms with Gasteiger partial charge in [0.05, 0.1) is 0 Å². The molecule has 0 aliphatic rings. The molecule has 0 bridgehead atoms. The van der Waals surface area contributed by atoms with E-state index in [4.69, 9.17) is 11.6 Å². The third kappa shape index (κ3) is 3.47. The standard InChI is InChI=1S/C21H17Cl/c22-21-14-8-7-13-20(21)19(18-11-5-2-6-12-18)16-15-17-9-3-1-4-10-17/h1-16,19H. The van der Waals surface area contributed by atoms with Crippen LogP contribution in [0.4, 0.5) is 0 Å². The summed E-state index contributed by atoms with van der Waals surface area (Å²) in [6.45, 7) is 0. The molecule has 0 spiro atoms. The molecule has 3 rings (SSSR count). The SMILES string of the molecule is Clc1ccccc1C(C=Cc1ccccc1)c1ccccc1. The van der Waals surface area contributed by atoms with Crippen molar-refractivity contribution in [3.8, 4) is 0 Å². The van der Waals surface area contributed by atoms with Gasteiger partial charge in [-0.2, -0.15) is 0 Å². The summed E-state index contributed by atoms with van der Waals surface area (Å²) < 4.78 is 0. The predicted molar refractivity (Wildman–Crippen MR) is 95.2 cm³/mol. The van der Waals surface area contributed by atoms with E-state index in [-0.39, 0.29) is 5.92 Å². The van der Waals surface area contributed by atoms with Crippen molar-refractivity contribution in [1.82, 2.24) is 0 Å². The molecule has 0 fully saturated rings. The molecule has 1 unspecified atom stereocenters. The van der Waals surface area contributed by atoms with Crippen LogP contribution in [-0.4, -0.2) is 0 Å². The van der Waals surface area contributed by atoms with E-state index in [0.29, 0.717) is 0 Å². The van der Waals surface area contributed by atoms with E-state index >= 15 is 0 Å². The van der Waals surface area contributed by atoms with Gasteiger partial charge in [0.25, 0.3) is 0 Å². The van der Waals surface area contributed by atoms with E-state index in [2.05, 4.69) is 54.6 Å². The van der Waals surface area contributed by atoms with Crippen LogP contribution < -0.4 is 0 Å². The topological polar surface area (TPSA) is 0 Å². The molecule has 0 N–H and O–H groups in total. The van der Waals surface area contributed by atoms with Crippen molar-refractivity contribution < 1.29 is 0 Å². The molecule has 0 heterocycles. The first-order valence-electron chi connectivity index (χ1n) is 7.37. The minimum Gasteiger partial charge on any atom is -0.0840 e. The summed E-state index contributed by atoms with van der Waals surface area (Å²) in [7, 11) is 0. The van der Waals surface area contributed by atoms with Gasteiger partial charge in [0, 0.05) is 10.9 Å². The summed E-state index contributed by atoms with van der Waals surface area (Å²) in [5.74, 6) is 0.148. The summed E-state index contributed by atoms with van der Waals surface area (Å²) in [5, 5.41) is 0.800. The van der Waals surface area contributed by atoms with Gasteiger partial charge in [-0.15, -0.1) is 0 Å². The molecule has 0 aromatic heterocycles. The predicted octanol–water partition coefficient (Wildman–Crippen LogP) is 6.19. The van der Waals surface area contributed by atoms with Crippen LogP contribution in [0, 0.1) is 0 Å². The van der Waals surface area contributed by atoms with Gasteiger partial charge >= 0.3 is 0 Å². The third-order valence-corrected chi connectivity index (χ3v) is 4.02. The maximum atomic E-state index is 6.42. The lowest BCUT2D eigenvalue weighted by molar-refractivity contribution is 1.03. The monoisotopic (exact) mass is 304 g/mol. The highest BCUT2D eigenvalue weighted by Crippen LogP contribution is 2.31. The molecule has 3 aromatic carbocycles. The molecule has 0 radical (unpaired) electrons. The van der Waals surface area contributed by atoms with E-state index in [1.165, 1.54) is 11.1 Å². The van der Waals surface area contributed by atoms with Gasteiger partial charge in [-0.1, -0.05) is 103 Å². The number of hydrogen-bond acceptors (Lipinski definition) is 0. The number of halogens is 1. The van der Waals surface area contributed by atoms with Crippen LogP contribution in [0.2, 0.25) is 5.02 Å². The van der Waals surface area contributed by atoms with Crippen molar-refractivity contribution in [3.05, 3.63) is 113 Å². The highest BCUT2D eigenvalue weighted by atomic mass is 35.5. The first-order chi connectivity index (χ1) is 10.8. The second kappa shape index (κ2) is 7.11. The Morgan fingerprint density at radius 3 is 1.95 bits per heavy atom.